The van der Waals surface area contributed by atoms with Crippen LogP contribution in [0.2, 0.25) is 0 Å². The van der Waals surface area contributed by atoms with Crippen molar-refractivity contribution in [1.29, 1.82) is 0 Å². The van der Waals surface area contributed by atoms with E-state index >= 15 is 0 Å². The third-order valence-corrected chi connectivity index (χ3v) is 3.42. The van der Waals surface area contributed by atoms with Gasteiger partial charge in [-0.25, -0.2) is 0 Å². The quantitative estimate of drug-likeness (QED) is 0.601. The van der Waals surface area contributed by atoms with Gasteiger partial charge in [-0.1, -0.05) is 60.7 Å². The standard InChI is InChI=1S/C19H21NO3/c1-2-23-18(22)13-17(21)14-20-19(15-9-5-3-6-10-15)16-11-7-4-8-12-16/h3-12,19-20H,2,13-14H2,1H3. The summed E-state index contributed by atoms with van der Waals surface area (Å²) in [7, 11) is 0. The highest BCUT2D eigenvalue weighted by Gasteiger charge is 2.16. The molecule has 0 aliphatic rings. The lowest BCUT2D eigenvalue weighted by Crippen LogP contribution is -2.29. The highest BCUT2D eigenvalue weighted by molar-refractivity contribution is 5.96. The number of ketones is 1. The van der Waals surface area contributed by atoms with Crippen LogP contribution in [0.4, 0.5) is 0 Å². The highest BCUT2D eigenvalue weighted by Crippen LogP contribution is 2.21. The minimum absolute atomic E-state index is 0.0939. The smallest absolute Gasteiger partial charge is 0.313 e. The molecule has 0 radical (unpaired) electrons. The molecule has 120 valence electrons. The third kappa shape index (κ3) is 5.34. The van der Waals surface area contributed by atoms with Crippen LogP contribution in [0.25, 0.3) is 0 Å². The van der Waals surface area contributed by atoms with Gasteiger partial charge >= 0.3 is 5.97 Å². The normalized spacial score (nSPS) is 10.5. The number of esters is 1. The van der Waals surface area contributed by atoms with Gasteiger partial charge in [0, 0.05) is 0 Å². The third-order valence-electron chi connectivity index (χ3n) is 3.42. The van der Waals surface area contributed by atoms with Crippen molar-refractivity contribution in [2.24, 2.45) is 0 Å². The first-order chi connectivity index (χ1) is 11.2. The van der Waals surface area contributed by atoms with Crippen molar-refractivity contribution in [1.82, 2.24) is 5.32 Å². The maximum absolute atomic E-state index is 11.9. The molecule has 0 spiro atoms. The molecule has 0 aliphatic carbocycles. The van der Waals surface area contributed by atoms with Gasteiger partial charge in [-0.3, -0.25) is 14.9 Å². The molecule has 0 saturated carbocycles. The lowest BCUT2D eigenvalue weighted by Gasteiger charge is -2.19. The van der Waals surface area contributed by atoms with E-state index < -0.39 is 5.97 Å². The Bertz CT molecular complexity index is 586. The fraction of sp³-hybridized carbons (Fsp3) is 0.263. The van der Waals surface area contributed by atoms with E-state index in [-0.39, 0.29) is 31.4 Å². The number of rotatable bonds is 8. The molecule has 0 heterocycles. The zero-order valence-electron chi connectivity index (χ0n) is 13.2. The molecular formula is C19H21NO3. The SMILES string of the molecule is CCOC(=O)CC(=O)CNC(c1ccccc1)c1ccccc1. The van der Waals surface area contributed by atoms with Crippen molar-refractivity contribution in [3.05, 3.63) is 71.8 Å². The summed E-state index contributed by atoms with van der Waals surface area (Å²) in [4.78, 5) is 23.3. The summed E-state index contributed by atoms with van der Waals surface area (Å²) in [5.74, 6) is -0.657. The van der Waals surface area contributed by atoms with E-state index in [0.717, 1.165) is 11.1 Å². The average molecular weight is 311 g/mol. The van der Waals surface area contributed by atoms with Crippen molar-refractivity contribution in [3.63, 3.8) is 0 Å². The second-order valence-corrected chi connectivity index (χ2v) is 5.16. The number of carbonyl (C=O) groups is 2. The van der Waals surface area contributed by atoms with E-state index in [1.54, 1.807) is 6.92 Å². The first-order valence-corrected chi connectivity index (χ1v) is 7.71. The number of benzene rings is 2. The molecule has 0 atom stereocenters. The van der Waals surface area contributed by atoms with Crippen LogP contribution >= 0.6 is 0 Å². The summed E-state index contributed by atoms with van der Waals surface area (Å²) in [6.07, 6.45) is -0.197. The Morgan fingerprint density at radius 2 is 1.48 bits per heavy atom. The molecule has 2 aromatic carbocycles. The molecule has 2 aromatic rings. The van der Waals surface area contributed by atoms with Crippen molar-refractivity contribution < 1.29 is 14.3 Å². The summed E-state index contributed by atoms with van der Waals surface area (Å²) in [6, 6.07) is 19.7. The van der Waals surface area contributed by atoms with Crippen LogP contribution < -0.4 is 5.32 Å². The van der Waals surface area contributed by atoms with Gasteiger partial charge in [0.25, 0.3) is 0 Å². The number of nitrogens with one attached hydrogen (secondary N) is 1. The van der Waals surface area contributed by atoms with Crippen LogP contribution in [-0.2, 0) is 14.3 Å². The minimum Gasteiger partial charge on any atom is -0.466 e. The Morgan fingerprint density at radius 1 is 0.957 bits per heavy atom. The average Bonchev–Trinajstić information content (AvgIpc) is 2.57. The lowest BCUT2D eigenvalue weighted by atomic mass is 9.98. The van der Waals surface area contributed by atoms with Crippen molar-refractivity contribution in [2.75, 3.05) is 13.2 Å². The lowest BCUT2D eigenvalue weighted by molar-refractivity contribution is -0.145. The maximum atomic E-state index is 11.9. The van der Waals surface area contributed by atoms with Crippen LogP contribution in [0.5, 0.6) is 0 Å². The van der Waals surface area contributed by atoms with Crippen LogP contribution in [0.3, 0.4) is 0 Å². The summed E-state index contributed by atoms with van der Waals surface area (Å²) in [5.41, 5.74) is 2.14. The number of ether oxygens (including phenoxy) is 1. The largest absolute Gasteiger partial charge is 0.466 e. The van der Waals surface area contributed by atoms with E-state index in [1.807, 2.05) is 60.7 Å². The second kappa shape index (κ2) is 8.86. The van der Waals surface area contributed by atoms with Gasteiger partial charge in [-0.2, -0.15) is 0 Å². The Balaban J connectivity index is 2.05. The van der Waals surface area contributed by atoms with Gasteiger partial charge < -0.3 is 4.74 Å². The summed E-state index contributed by atoms with van der Waals surface area (Å²) >= 11 is 0. The predicted molar refractivity (Wildman–Crippen MR) is 89.0 cm³/mol. The fourth-order valence-electron chi connectivity index (χ4n) is 2.37. The van der Waals surface area contributed by atoms with Crippen molar-refractivity contribution >= 4 is 11.8 Å². The molecule has 0 unspecified atom stereocenters. The number of Topliss-reactive ketones (excluding diaryl/α,β-unsaturated/α-hetero) is 1. The van der Waals surface area contributed by atoms with Gasteiger partial charge in [0.15, 0.2) is 5.78 Å². The zero-order chi connectivity index (χ0) is 16.5. The monoisotopic (exact) mass is 311 g/mol. The van der Waals surface area contributed by atoms with E-state index in [1.165, 1.54) is 0 Å². The van der Waals surface area contributed by atoms with Gasteiger partial charge in [0.2, 0.25) is 0 Å². The molecule has 2 rings (SSSR count). The van der Waals surface area contributed by atoms with E-state index in [0.29, 0.717) is 0 Å². The Morgan fingerprint density at radius 3 is 1.96 bits per heavy atom. The first kappa shape index (κ1) is 16.9. The van der Waals surface area contributed by atoms with E-state index in [2.05, 4.69) is 5.32 Å². The van der Waals surface area contributed by atoms with E-state index in [4.69, 9.17) is 4.74 Å². The second-order valence-electron chi connectivity index (χ2n) is 5.16. The van der Waals surface area contributed by atoms with Gasteiger partial charge in [0.05, 0.1) is 19.2 Å². The molecule has 4 heteroatoms. The molecule has 0 bridgehead atoms. The van der Waals surface area contributed by atoms with Gasteiger partial charge in [-0.05, 0) is 18.1 Å². The van der Waals surface area contributed by atoms with Crippen LogP contribution in [0.1, 0.15) is 30.5 Å². The number of carbonyl (C=O) groups excluding carboxylic acids is 2. The maximum Gasteiger partial charge on any atom is 0.313 e. The topological polar surface area (TPSA) is 55.4 Å². The van der Waals surface area contributed by atoms with Crippen LogP contribution in [0, 0.1) is 0 Å². The molecule has 0 amide bonds. The molecule has 23 heavy (non-hydrogen) atoms. The van der Waals surface area contributed by atoms with Gasteiger partial charge in [-0.15, -0.1) is 0 Å². The molecule has 0 aromatic heterocycles. The number of hydrogen-bond acceptors (Lipinski definition) is 4. The molecule has 0 fully saturated rings. The highest BCUT2D eigenvalue weighted by atomic mass is 16.5. The van der Waals surface area contributed by atoms with Crippen LogP contribution in [-0.4, -0.2) is 24.9 Å². The number of hydrogen-bond donors (Lipinski definition) is 1. The summed E-state index contributed by atoms with van der Waals surface area (Å²) in [5, 5.41) is 3.24. The molecule has 0 saturated heterocycles. The Hall–Kier alpha value is -2.46. The van der Waals surface area contributed by atoms with Crippen molar-refractivity contribution in [2.45, 2.75) is 19.4 Å². The summed E-state index contributed by atoms with van der Waals surface area (Å²) < 4.78 is 4.80. The van der Waals surface area contributed by atoms with E-state index in [9.17, 15) is 9.59 Å². The Kier molecular flexibility index (Phi) is 6.51. The van der Waals surface area contributed by atoms with Crippen molar-refractivity contribution in [3.8, 4) is 0 Å². The molecule has 0 aliphatic heterocycles. The predicted octanol–water partition coefficient (Wildman–Crippen LogP) is 2.89. The molecule has 4 nitrogen and oxygen atoms in total. The molecular weight excluding hydrogens is 290 g/mol. The molecule has 1 N–H and O–H groups in total. The Labute approximate surface area is 136 Å². The fourth-order valence-corrected chi connectivity index (χ4v) is 2.37. The minimum atomic E-state index is -0.477. The zero-order valence-corrected chi connectivity index (χ0v) is 13.2. The first-order valence-electron chi connectivity index (χ1n) is 7.71. The summed E-state index contributed by atoms with van der Waals surface area (Å²) in [6.45, 7) is 2.13. The van der Waals surface area contributed by atoms with Gasteiger partial charge in [0.1, 0.15) is 6.42 Å². The van der Waals surface area contributed by atoms with Crippen LogP contribution in [0.15, 0.2) is 60.7 Å².